The molecular formula is C35H42I2N6O3S2. The highest BCUT2D eigenvalue weighted by molar-refractivity contribution is 15.0. The molecule has 0 radical (unpaired) electrons. The van der Waals surface area contributed by atoms with Gasteiger partial charge in [0.15, 0.2) is 5.16 Å². The summed E-state index contributed by atoms with van der Waals surface area (Å²) in [6.45, 7) is 16.0. The fraction of sp³-hybridized carbons (Fsp3) is 0.314. The summed E-state index contributed by atoms with van der Waals surface area (Å²) in [7, 11) is -4.80. The van der Waals surface area contributed by atoms with Gasteiger partial charge in [-0.1, -0.05) is 19.6 Å². The lowest BCUT2D eigenvalue weighted by molar-refractivity contribution is 0.587. The van der Waals surface area contributed by atoms with Crippen LogP contribution in [0, 0.1) is 55.4 Å². The fourth-order valence-corrected chi connectivity index (χ4v) is 7.34. The first-order chi connectivity index (χ1) is 22.2. The lowest BCUT2D eigenvalue weighted by Gasteiger charge is -2.09. The van der Waals surface area contributed by atoms with E-state index in [9.17, 15) is 12.6 Å². The number of hydrogen-bond donors (Lipinski definition) is 2. The molecule has 0 amide bonds. The number of halogens is 2. The van der Waals surface area contributed by atoms with Gasteiger partial charge in [-0.3, -0.25) is 14.2 Å². The maximum atomic E-state index is 12.7. The lowest BCUT2D eigenvalue weighted by atomic mass is 10.1. The molecule has 0 aliphatic carbocycles. The van der Waals surface area contributed by atoms with Gasteiger partial charge in [0.05, 0.1) is 50.0 Å². The number of nitrogens with zero attached hydrogens (tertiary/aromatic N) is 4. The largest absolute Gasteiger partial charge is 0.331 e. The molecule has 0 fully saturated rings. The second kappa shape index (κ2) is 16.8. The third-order valence-electron chi connectivity index (χ3n) is 8.34. The van der Waals surface area contributed by atoms with Crippen LogP contribution in [-0.4, -0.2) is 42.5 Å². The quantitative estimate of drug-likeness (QED) is 0.159. The predicted molar refractivity (Wildman–Crippen MR) is 214 cm³/mol. The van der Waals surface area contributed by atoms with Gasteiger partial charge in [-0.15, -0.1) is 0 Å². The van der Waals surface area contributed by atoms with Crippen molar-refractivity contribution in [1.29, 1.82) is 0 Å². The summed E-state index contributed by atoms with van der Waals surface area (Å²) < 4.78 is 37.9. The van der Waals surface area contributed by atoms with E-state index in [0.29, 0.717) is 22.1 Å². The van der Waals surface area contributed by atoms with Gasteiger partial charge in [0, 0.05) is 49.6 Å². The third-order valence-corrected chi connectivity index (χ3v) is 10.9. The van der Waals surface area contributed by atoms with Crippen molar-refractivity contribution in [3.05, 3.63) is 105 Å². The Bertz CT molecular complexity index is 2210. The summed E-state index contributed by atoms with van der Waals surface area (Å²) in [4.78, 5) is 23.5. The van der Waals surface area contributed by atoms with Crippen molar-refractivity contribution in [2.45, 2.75) is 84.6 Å². The highest BCUT2D eigenvalue weighted by Crippen LogP contribution is 2.23. The van der Waals surface area contributed by atoms with Crippen molar-refractivity contribution < 1.29 is 12.6 Å². The molecule has 1 atom stereocenters. The van der Waals surface area contributed by atoms with E-state index in [4.69, 9.17) is 0 Å². The summed E-state index contributed by atoms with van der Waals surface area (Å²) in [5.41, 5.74) is 13.3. The highest BCUT2D eigenvalue weighted by atomic mass is 128. The van der Waals surface area contributed by atoms with Gasteiger partial charge >= 0.3 is 0 Å². The van der Waals surface area contributed by atoms with E-state index in [1.54, 1.807) is 6.20 Å². The Morgan fingerprint density at radius 2 is 1.17 bits per heavy atom. The van der Waals surface area contributed by atoms with Crippen LogP contribution in [0.4, 0.5) is 0 Å². The van der Waals surface area contributed by atoms with Gasteiger partial charge in [-0.25, -0.2) is 18.4 Å². The van der Waals surface area contributed by atoms with E-state index in [0.717, 1.165) is 61.2 Å². The molecule has 0 aliphatic rings. The highest BCUT2D eigenvalue weighted by Gasteiger charge is 2.22. The first kappa shape index (κ1) is 39.7. The minimum Gasteiger partial charge on any atom is -0.331 e. The van der Waals surface area contributed by atoms with Crippen LogP contribution < -0.4 is 0 Å². The molecule has 6 rings (SSSR count). The Labute approximate surface area is 309 Å². The summed E-state index contributed by atoms with van der Waals surface area (Å²) in [6, 6.07) is 11.6. The molecule has 48 heavy (non-hydrogen) atoms. The number of sulfone groups is 1. The van der Waals surface area contributed by atoms with Gasteiger partial charge in [0.25, 0.3) is 0 Å². The zero-order chi connectivity index (χ0) is 34.6. The van der Waals surface area contributed by atoms with E-state index in [-0.39, 0.29) is 18.3 Å². The molecule has 0 bridgehead atoms. The zero-order valence-corrected chi connectivity index (χ0v) is 33.6. The zero-order valence-electron chi connectivity index (χ0n) is 27.6. The van der Waals surface area contributed by atoms with Crippen LogP contribution >= 0.6 is 37.2 Å². The van der Waals surface area contributed by atoms with E-state index in [2.05, 4.69) is 74.1 Å². The molecule has 2 N–H and O–H groups in total. The average molecular weight is 913 g/mol. The maximum Gasteiger partial charge on any atom is 0.226 e. The minimum absolute atomic E-state index is 0. The summed E-state index contributed by atoms with van der Waals surface area (Å²) >= 11 is 4.24. The number of imidazole rings is 2. The molecule has 4 heterocycles. The average Bonchev–Trinajstić information content (AvgIpc) is 3.67. The van der Waals surface area contributed by atoms with Gasteiger partial charge in [0.2, 0.25) is 15.0 Å². The Morgan fingerprint density at radius 3 is 1.73 bits per heavy atom. The molecule has 0 aliphatic heterocycles. The fourth-order valence-electron chi connectivity index (χ4n) is 4.95. The monoisotopic (exact) mass is 912 g/mol. The predicted octanol–water partition coefficient (Wildman–Crippen LogP) is 9.07. The lowest BCUT2D eigenvalue weighted by Crippen LogP contribution is -2.10. The standard InChI is InChI=1S/C17H19N3O2S.C17H19N3OS.CH4.I2/c1-10-5-6-14-15(7-10)20-17(19-14)23(21,22)9-16-13(4)12(3)11(2)8-18-16;1-10-5-6-14-15(7-10)20-17(19-14)22(21)9-16-13(4)12(3)11(2)8-18-16;;1-2/h5-8H,9H2,1-4H3,(H,19,20);5-8H,9H2,1-4H3,(H,19,20);1H4;. The van der Waals surface area contributed by atoms with Crippen LogP contribution in [0.15, 0.2) is 59.1 Å². The van der Waals surface area contributed by atoms with Crippen LogP contribution in [0.3, 0.4) is 0 Å². The molecule has 0 saturated carbocycles. The van der Waals surface area contributed by atoms with Crippen LogP contribution in [0.2, 0.25) is 0 Å². The van der Waals surface area contributed by atoms with Crippen LogP contribution in [0.25, 0.3) is 22.1 Å². The van der Waals surface area contributed by atoms with E-state index in [1.165, 1.54) is 5.56 Å². The van der Waals surface area contributed by atoms with Crippen LogP contribution in [-0.2, 0) is 32.1 Å². The Kier molecular flexibility index (Phi) is 13.9. The van der Waals surface area contributed by atoms with Crippen molar-refractivity contribution >= 4 is 79.9 Å². The van der Waals surface area contributed by atoms with Crippen molar-refractivity contribution in [3.8, 4) is 0 Å². The van der Waals surface area contributed by atoms with Crippen molar-refractivity contribution in [3.63, 3.8) is 0 Å². The molecule has 256 valence electrons. The maximum absolute atomic E-state index is 12.7. The van der Waals surface area contributed by atoms with Gasteiger partial charge in [0.1, 0.15) is 5.75 Å². The first-order valence-corrected chi connectivity index (χ1v) is 24.0. The van der Waals surface area contributed by atoms with E-state index < -0.39 is 20.6 Å². The minimum atomic E-state index is -3.57. The third kappa shape index (κ3) is 9.07. The summed E-state index contributed by atoms with van der Waals surface area (Å²) in [5.74, 6) is 0.227. The van der Waals surface area contributed by atoms with Crippen LogP contribution in [0.5, 0.6) is 0 Å². The molecular weight excluding hydrogens is 870 g/mol. The number of nitrogens with one attached hydrogen (secondary N) is 2. The molecule has 9 nitrogen and oxygen atoms in total. The Hall–Kier alpha value is -2.76. The number of rotatable bonds is 6. The first-order valence-electron chi connectivity index (χ1n) is 14.7. The second-order valence-corrected chi connectivity index (χ2v) is 14.9. The molecule has 0 spiro atoms. The number of hydrogen-bond acceptors (Lipinski definition) is 7. The summed E-state index contributed by atoms with van der Waals surface area (Å²) in [5, 5.41) is 0.512. The number of fused-ring (bicyclic) bond motifs is 2. The second-order valence-electron chi connectivity index (χ2n) is 11.6. The van der Waals surface area contributed by atoms with Crippen molar-refractivity contribution in [2.75, 3.05) is 0 Å². The smallest absolute Gasteiger partial charge is 0.226 e. The number of aromatic amines is 2. The van der Waals surface area contributed by atoms with Gasteiger partial charge < -0.3 is 9.97 Å². The molecule has 6 aromatic rings. The molecule has 13 heteroatoms. The SMILES string of the molecule is C.Cc1ccc2nc(S(=O)(=O)Cc3ncc(C)c(C)c3C)[nH]c2c1.Cc1ccc2nc(S(=O)Cc3ncc(C)c(C)c3C)[nH]c2c1.II. The van der Waals surface area contributed by atoms with Gasteiger partial charge in [-0.05, 0) is 124 Å². The van der Waals surface area contributed by atoms with Gasteiger partial charge in [-0.2, -0.15) is 0 Å². The van der Waals surface area contributed by atoms with Crippen molar-refractivity contribution in [1.82, 2.24) is 29.9 Å². The summed E-state index contributed by atoms with van der Waals surface area (Å²) in [6.07, 6.45) is 3.56. The number of pyridine rings is 2. The Balaban J connectivity index is 0.000000243. The normalized spacial score (nSPS) is 11.7. The Morgan fingerprint density at radius 1 is 0.688 bits per heavy atom. The number of aromatic nitrogens is 6. The molecule has 2 aromatic carbocycles. The topological polar surface area (TPSA) is 134 Å². The molecule has 1 unspecified atom stereocenters. The molecule has 0 saturated heterocycles. The molecule has 4 aromatic heterocycles. The number of H-pyrrole nitrogens is 2. The number of aryl methyl sites for hydroxylation is 4. The van der Waals surface area contributed by atoms with E-state index >= 15 is 0 Å². The van der Waals surface area contributed by atoms with Crippen LogP contribution in [0.1, 0.15) is 63.3 Å². The van der Waals surface area contributed by atoms with E-state index in [1.807, 2.05) is 91.1 Å². The van der Waals surface area contributed by atoms with Crippen molar-refractivity contribution in [2.24, 2.45) is 0 Å². The number of benzene rings is 2.